The van der Waals surface area contributed by atoms with Gasteiger partial charge < -0.3 is 9.84 Å². The lowest BCUT2D eigenvalue weighted by molar-refractivity contribution is -0.149. The van der Waals surface area contributed by atoms with Gasteiger partial charge in [-0.3, -0.25) is 0 Å². The Morgan fingerprint density at radius 2 is 1.92 bits per heavy atom. The molecule has 5 unspecified atom stereocenters. The molecule has 3 heteroatoms. The molecule has 3 nitrogen and oxygen atoms in total. The molecule has 0 amide bonds. The van der Waals surface area contributed by atoms with Crippen LogP contribution in [0, 0.1) is 28.6 Å². The molecule has 0 saturated heterocycles. The number of aliphatic hydroxyl groups excluding tert-OH is 1. The van der Waals surface area contributed by atoms with E-state index in [4.69, 9.17) is 4.74 Å². The number of fused-ring (bicyclic) bond motifs is 1. The lowest BCUT2D eigenvalue weighted by atomic mass is 9.45. The number of carbonyl (C=O) groups excluding carboxylic acids is 1. The molecule has 2 fully saturated rings. The van der Waals surface area contributed by atoms with Gasteiger partial charge in [0.2, 0.25) is 0 Å². The third-order valence-corrected chi connectivity index (χ3v) is 7.37. The summed E-state index contributed by atoms with van der Waals surface area (Å²) in [5, 5.41) is 10.5. The fraction of sp³-hybridized carbons (Fsp3) is 0.857. The summed E-state index contributed by atoms with van der Waals surface area (Å²) >= 11 is 0. The molecule has 0 spiro atoms. The molecule has 0 aromatic carbocycles. The minimum absolute atomic E-state index is 0.00227. The van der Waals surface area contributed by atoms with Crippen LogP contribution in [0.3, 0.4) is 0 Å². The van der Waals surface area contributed by atoms with Crippen LogP contribution in [0.2, 0.25) is 0 Å². The maximum Gasteiger partial charge on any atom is 0.330 e. The van der Waals surface area contributed by atoms with Gasteiger partial charge in [0.1, 0.15) is 0 Å². The van der Waals surface area contributed by atoms with Crippen LogP contribution in [0.25, 0.3) is 0 Å². The summed E-state index contributed by atoms with van der Waals surface area (Å²) in [6.45, 7) is 11.4. The van der Waals surface area contributed by atoms with Gasteiger partial charge in [-0.05, 0) is 67.6 Å². The van der Waals surface area contributed by atoms with Crippen molar-refractivity contribution in [2.75, 3.05) is 7.11 Å². The van der Waals surface area contributed by atoms with Crippen LogP contribution in [0.5, 0.6) is 0 Å². The number of esters is 1. The van der Waals surface area contributed by atoms with E-state index in [2.05, 4.69) is 27.7 Å². The Bertz CT molecular complexity index is 493. The number of rotatable bonds is 4. The summed E-state index contributed by atoms with van der Waals surface area (Å²) in [4.78, 5) is 11.4. The van der Waals surface area contributed by atoms with Crippen molar-refractivity contribution in [2.24, 2.45) is 28.6 Å². The van der Waals surface area contributed by atoms with Crippen molar-refractivity contribution in [3.63, 3.8) is 0 Å². The summed E-state index contributed by atoms with van der Waals surface area (Å²) in [5.74, 6) is 1.70. The van der Waals surface area contributed by atoms with E-state index in [9.17, 15) is 9.90 Å². The topological polar surface area (TPSA) is 46.5 Å². The fourth-order valence-corrected chi connectivity index (χ4v) is 5.83. The van der Waals surface area contributed by atoms with Crippen molar-refractivity contribution in [2.45, 2.75) is 79.2 Å². The molecule has 0 bridgehead atoms. The van der Waals surface area contributed by atoms with Gasteiger partial charge in [0.05, 0.1) is 13.2 Å². The Morgan fingerprint density at radius 1 is 1.25 bits per heavy atom. The van der Waals surface area contributed by atoms with Crippen molar-refractivity contribution >= 4 is 5.97 Å². The summed E-state index contributed by atoms with van der Waals surface area (Å²) in [5.41, 5.74) is 1.41. The van der Waals surface area contributed by atoms with Crippen LogP contribution in [0.15, 0.2) is 11.6 Å². The van der Waals surface area contributed by atoms with Crippen molar-refractivity contribution in [1.82, 2.24) is 0 Å². The van der Waals surface area contributed by atoms with Crippen molar-refractivity contribution < 1.29 is 14.6 Å². The monoisotopic (exact) mass is 336 g/mol. The molecule has 1 N–H and O–H groups in total. The molecule has 138 valence electrons. The zero-order valence-electron chi connectivity index (χ0n) is 16.4. The highest BCUT2D eigenvalue weighted by Crippen LogP contribution is 2.62. The maximum atomic E-state index is 11.4. The molecule has 0 aliphatic heterocycles. The first kappa shape index (κ1) is 19.5. The number of allylic oxidation sites excluding steroid dienone is 1. The summed E-state index contributed by atoms with van der Waals surface area (Å²) in [6, 6.07) is 0. The molecule has 0 radical (unpaired) electrons. The van der Waals surface area contributed by atoms with Crippen LogP contribution < -0.4 is 0 Å². The third-order valence-electron chi connectivity index (χ3n) is 7.37. The Hall–Kier alpha value is -0.830. The molecule has 2 saturated carbocycles. The summed E-state index contributed by atoms with van der Waals surface area (Å²) in [7, 11) is 1.43. The van der Waals surface area contributed by atoms with Gasteiger partial charge in [-0.2, -0.15) is 0 Å². The SMILES string of the molecule is COC(=O)/C=C(\C)CCC1C(C)CCC2C(C)(C)C(O)CCC12C. The van der Waals surface area contributed by atoms with Gasteiger partial charge in [0.25, 0.3) is 0 Å². The first-order valence-corrected chi connectivity index (χ1v) is 9.56. The first-order valence-electron chi connectivity index (χ1n) is 9.56. The van der Waals surface area contributed by atoms with Gasteiger partial charge in [-0.25, -0.2) is 4.79 Å². The van der Waals surface area contributed by atoms with E-state index in [0.29, 0.717) is 23.2 Å². The largest absolute Gasteiger partial charge is 0.466 e. The van der Waals surface area contributed by atoms with Gasteiger partial charge in [0, 0.05) is 6.08 Å². The number of hydrogen-bond acceptors (Lipinski definition) is 3. The van der Waals surface area contributed by atoms with E-state index in [-0.39, 0.29) is 17.5 Å². The molecular weight excluding hydrogens is 300 g/mol. The van der Waals surface area contributed by atoms with E-state index < -0.39 is 0 Å². The fourth-order valence-electron chi connectivity index (χ4n) is 5.83. The van der Waals surface area contributed by atoms with Crippen molar-refractivity contribution in [1.29, 1.82) is 0 Å². The number of carbonyl (C=O) groups is 1. The standard InChI is InChI=1S/C21H36O3/c1-14(13-19(23)24-6)7-9-16-15(2)8-10-17-20(3,4)18(22)11-12-21(16,17)5/h13,15-18,22H,7-12H2,1-6H3/b14-13+. The predicted octanol–water partition coefficient (Wildman–Crippen LogP) is 4.74. The minimum Gasteiger partial charge on any atom is -0.466 e. The minimum atomic E-state index is -0.254. The Balaban J connectivity index is 2.16. The van der Waals surface area contributed by atoms with E-state index in [1.165, 1.54) is 20.0 Å². The van der Waals surface area contributed by atoms with Crippen LogP contribution in [0.4, 0.5) is 0 Å². The van der Waals surface area contributed by atoms with Crippen LogP contribution in [0.1, 0.15) is 73.1 Å². The second kappa shape index (κ2) is 7.19. The summed E-state index contributed by atoms with van der Waals surface area (Å²) < 4.78 is 4.74. The number of aliphatic hydroxyl groups is 1. The van der Waals surface area contributed by atoms with E-state index >= 15 is 0 Å². The van der Waals surface area contributed by atoms with Crippen molar-refractivity contribution in [3.05, 3.63) is 11.6 Å². The highest BCUT2D eigenvalue weighted by molar-refractivity contribution is 5.82. The van der Waals surface area contributed by atoms with Crippen LogP contribution >= 0.6 is 0 Å². The van der Waals surface area contributed by atoms with E-state index in [1.807, 2.05) is 6.92 Å². The van der Waals surface area contributed by atoms with Gasteiger partial charge in [-0.1, -0.05) is 39.7 Å². The first-order chi connectivity index (χ1) is 11.1. The zero-order chi connectivity index (χ0) is 18.1. The predicted molar refractivity (Wildman–Crippen MR) is 97.5 cm³/mol. The molecule has 2 aliphatic rings. The smallest absolute Gasteiger partial charge is 0.330 e. The van der Waals surface area contributed by atoms with Gasteiger partial charge in [0.15, 0.2) is 0 Å². The highest BCUT2D eigenvalue weighted by Gasteiger charge is 2.56. The number of methoxy groups -OCH3 is 1. The molecule has 0 aromatic heterocycles. The zero-order valence-corrected chi connectivity index (χ0v) is 16.4. The highest BCUT2D eigenvalue weighted by atomic mass is 16.5. The lowest BCUT2D eigenvalue weighted by Crippen LogP contribution is -2.55. The second-order valence-electron chi connectivity index (χ2n) is 9.15. The molecule has 5 atom stereocenters. The Labute approximate surface area is 147 Å². The number of ether oxygens (including phenoxy) is 1. The van der Waals surface area contributed by atoms with E-state index in [0.717, 1.165) is 31.3 Å². The Morgan fingerprint density at radius 3 is 2.54 bits per heavy atom. The van der Waals surface area contributed by atoms with Crippen molar-refractivity contribution in [3.8, 4) is 0 Å². The summed E-state index contributed by atoms with van der Waals surface area (Å²) in [6.07, 6.45) is 8.05. The molecule has 0 aromatic rings. The quantitative estimate of drug-likeness (QED) is 0.596. The molecular formula is C21H36O3. The molecule has 24 heavy (non-hydrogen) atoms. The normalized spacial score (nSPS) is 39.2. The van der Waals surface area contributed by atoms with Gasteiger partial charge in [-0.15, -0.1) is 0 Å². The third kappa shape index (κ3) is 3.56. The number of hydrogen-bond donors (Lipinski definition) is 1. The van der Waals surface area contributed by atoms with Gasteiger partial charge >= 0.3 is 5.97 Å². The Kier molecular flexibility index (Phi) is 5.84. The average molecular weight is 337 g/mol. The average Bonchev–Trinajstić information content (AvgIpc) is 2.50. The molecule has 0 heterocycles. The lowest BCUT2D eigenvalue weighted by Gasteiger charge is -2.60. The molecule has 2 aliphatic carbocycles. The van der Waals surface area contributed by atoms with Crippen LogP contribution in [-0.4, -0.2) is 24.3 Å². The molecule has 2 rings (SSSR count). The second-order valence-corrected chi connectivity index (χ2v) is 9.15. The van der Waals surface area contributed by atoms with Crippen LogP contribution in [-0.2, 0) is 9.53 Å². The maximum absolute atomic E-state index is 11.4. The van der Waals surface area contributed by atoms with E-state index in [1.54, 1.807) is 6.08 Å².